The summed E-state index contributed by atoms with van der Waals surface area (Å²) in [5, 5.41) is 0. The van der Waals surface area contributed by atoms with Crippen molar-refractivity contribution in [3.05, 3.63) is 23.9 Å². The van der Waals surface area contributed by atoms with E-state index in [0.29, 0.717) is 0 Å². The summed E-state index contributed by atoms with van der Waals surface area (Å²) in [6, 6.07) is 2.34. The van der Waals surface area contributed by atoms with Crippen molar-refractivity contribution in [1.29, 1.82) is 0 Å². The highest BCUT2D eigenvalue weighted by atomic mass is 31.3. The fraction of sp³-hybridized carbons (Fsp3) is 0. The SMILES string of the molecule is NC(=O)c1cccnc1P(=O)(O)OP(=O)(O)O. The quantitative estimate of drug-likeness (QED) is 0.516. The van der Waals surface area contributed by atoms with E-state index in [0.717, 1.165) is 12.3 Å². The number of aromatic nitrogens is 1. The molecule has 0 aromatic carbocycles. The van der Waals surface area contributed by atoms with Crippen LogP contribution in [0.1, 0.15) is 10.4 Å². The fourth-order valence-electron chi connectivity index (χ4n) is 0.997. The maximum Gasteiger partial charge on any atom is 0.477 e. The average Bonchev–Trinajstić information content (AvgIpc) is 2.14. The van der Waals surface area contributed by atoms with Crippen LogP contribution in [0.15, 0.2) is 18.3 Å². The maximum absolute atomic E-state index is 11.5. The van der Waals surface area contributed by atoms with Gasteiger partial charge in [0.15, 0.2) is 5.44 Å². The van der Waals surface area contributed by atoms with Gasteiger partial charge < -0.3 is 20.4 Å². The van der Waals surface area contributed by atoms with Gasteiger partial charge in [-0.15, -0.1) is 0 Å². The van der Waals surface area contributed by atoms with Gasteiger partial charge in [0.25, 0.3) is 5.91 Å². The van der Waals surface area contributed by atoms with Crippen molar-refractivity contribution in [1.82, 2.24) is 4.98 Å². The zero-order chi connectivity index (χ0) is 13.3. The van der Waals surface area contributed by atoms with E-state index in [1.165, 1.54) is 6.07 Å². The molecular weight excluding hydrogens is 274 g/mol. The van der Waals surface area contributed by atoms with Crippen molar-refractivity contribution in [2.75, 3.05) is 0 Å². The lowest BCUT2D eigenvalue weighted by Crippen LogP contribution is -2.24. The van der Waals surface area contributed by atoms with Gasteiger partial charge in [-0.25, -0.2) is 13.9 Å². The van der Waals surface area contributed by atoms with Crippen LogP contribution in [0, 0.1) is 0 Å². The van der Waals surface area contributed by atoms with Crippen molar-refractivity contribution >= 4 is 26.8 Å². The van der Waals surface area contributed by atoms with Gasteiger partial charge in [-0.05, 0) is 12.1 Å². The molecule has 1 heterocycles. The summed E-state index contributed by atoms with van der Waals surface area (Å²) in [5.41, 5.74) is 3.65. The number of pyridine rings is 1. The third-order valence-corrected chi connectivity index (χ3v) is 4.16. The zero-order valence-corrected chi connectivity index (χ0v) is 9.91. The van der Waals surface area contributed by atoms with Crippen molar-refractivity contribution in [2.24, 2.45) is 5.73 Å². The number of hydrogen-bond acceptors (Lipinski definition) is 5. The molecule has 1 amide bonds. The molecular formula is C6H8N2O7P2. The number of nitrogens with zero attached hydrogens (tertiary/aromatic N) is 1. The van der Waals surface area contributed by atoms with E-state index in [9.17, 15) is 18.8 Å². The Balaban J connectivity index is 3.29. The molecule has 0 fully saturated rings. The van der Waals surface area contributed by atoms with Gasteiger partial charge in [0.05, 0.1) is 5.56 Å². The summed E-state index contributed by atoms with van der Waals surface area (Å²) in [4.78, 5) is 40.5. The molecule has 1 rings (SSSR count). The molecule has 0 aliphatic rings. The predicted octanol–water partition coefficient (Wildman–Crippen LogP) is -0.899. The van der Waals surface area contributed by atoms with Crippen LogP contribution in [0.5, 0.6) is 0 Å². The average molecular weight is 282 g/mol. The van der Waals surface area contributed by atoms with Crippen molar-refractivity contribution in [3.8, 4) is 0 Å². The molecule has 5 N–H and O–H groups in total. The lowest BCUT2D eigenvalue weighted by molar-refractivity contribution is 0.100. The Kier molecular flexibility index (Phi) is 3.83. The number of carbonyl (C=O) groups is 1. The van der Waals surface area contributed by atoms with Crippen LogP contribution in [0.2, 0.25) is 0 Å². The Morgan fingerprint density at radius 1 is 1.35 bits per heavy atom. The summed E-state index contributed by atoms with van der Waals surface area (Å²) in [6.45, 7) is 0. The molecule has 0 bridgehead atoms. The Morgan fingerprint density at radius 3 is 2.41 bits per heavy atom. The molecule has 0 saturated heterocycles. The Labute approximate surface area is 95.0 Å². The normalized spacial score (nSPS) is 15.2. The largest absolute Gasteiger partial charge is 0.477 e. The third-order valence-electron chi connectivity index (χ3n) is 1.54. The van der Waals surface area contributed by atoms with Gasteiger partial charge in [0.1, 0.15) is 0 Å². The Morgan fingerprint density at radius 2 is 1.94 bits per heavy atom. The van der Waals surface area contributed by atoms with Crippen molar-refractivity contribution < 1.29 is 32.9 Å². The first-order valence-electron chi connectivity index (χ1n) is 3.98. The summed E-state index contributed by atoms with van der Waals surface area (Å²) in [5.74, 6) is -1.07. The molecule has 94 valence electrons. The molecule has 0 saturated carbocycles. The minimum Gasteiger partial charge on any atom is -0.366 e. The Bertz CT molecular complexity index is 539. The molecule has 9 nitrogen and oxygen atoms in total. The molecule has 1 aromatic rings. The molecule has 1 aromatic heterocycles. The van der Waals surface area contributed by atoms with Crippen LogP contribution >= 0.6 is 15.4 Å². The highest BCUT2D eigenvalue weighted by molar-refractivity contribution is 7.68. The second-order valence-electron chi connectivity index (χ2n) is 2.83. The topological polar surface area (TPSA) is 160 Å². The van der Waals surface area contributed by atoms with Crippen molar-refractivity contribution in [2.45, 2.75) is 0 Å². The number of phosphoric acid groups is 1. The van der Waals surface area contributed by atoms with E-state index in [-0.39, 0.29) is 0 Å². The molecule has 17 heavy (non-hydrogen) atoms. The van der Waals surface area contributed by atoms with Gasteiger partial charge in [0.2, 0.25) is 0 Å². The molecule has 1 unspecified atom stereocenters. The van der Waals surface area contributed by atoms with E-state index < -0.39 is 32.3 Å². The van der Waals surface area contributed by atoms with Crippen molar-refractivity contribution in [3.63, 3.8) is 0 Å². The second-order valence-corrected chi connectivity index (χ2v) is 5.93. The summed E-state index contributed by atoms with van der Waals surface area (Å²) in [6.07, 6.45) is 1.05. The fourth-order valence-corrected chi connectivity index (χ4v) is 3.16. The van der Waals surface area contributed by atoms with Gasteiger partial charge in [-0.3, -0.25) is 9.36 Å². The number of hydrogen-bond donors (Lipinski definition) is 4. The highest BCUT2D eigenvalue weighted by Gasteiger charge is 2.36. The minimum absolute atomic E-state index is 0.452. The number of primary amides is 1. The van der Waals surface area contributed by atoms with Crippen LogP contribution < -0.4 is 11.2 Å². The highest BCUT2D eigenvalue weighted by Crippen LogP contribution is 2.55. The number of carbonyl (C=O) groups excluding carboxylic acids is 1. The lowest BCUT2D eigenvalue weighted by Gasteiger charge is -2.13. The minimum atomic E-state index is -5.21. The first-order valence-corrected chi connectivity index (χ1v) is 7.09. The predicted molar refractivity (Wildman–Crippen MR) is 55.3 cm³/mol. The first-order chi connectivity index (χ1) is 7.63. The van der Waals surface area contributed by atoms with Crippen LogP contribution in [-0.2, 0) is 13.4 Å². The van der Waals surface area contributed by atoms with E-state index in [2.05, 4.69) is 9.29 Å². The summed E-state index contributed by atoms with van der Waals surface area (Å²) >= 11 is 0. The van der Waals surface area contributed by atoms with Crippen LogP contribution in [0.25, 0.3) is 0 Å². The molecule has 0 radical (unpaired) electrons. The number of nitrogens with two attached hydrogens (primary N) is 1. The summed E-state index contributed by atoms with van der Waals surface area (Å²) < 4.78 is 25.7. The number of amides is 1. The smallest absolute Gasteiger partial charge is 0.366 e. The number of rotatable bonds is 4. The molecule has 0 aliphatic carbocycles. The molecule has 1 atom stereocenters. The van der Waals surface area contributed by atoms with Crippen LogP contribution in [0.4, 0.5) is 0 Å². The van der Waals surface area contributed by atoms with Gasteiger partial charge in [-0.1, -0.05) is 0 Å². The van der Waals surface area contributed by atoms with Gasteiger partial charge >= 0.3 is 15.4 Å². The molecule has 0 spiro atoms. The zero-order valence-electron chi connectivity index (χ0n) is 8.13. The van der Waals surface area contributed by atoms with Gasteiger partial charge in [0, 0.05) is 6.20 Å². The monoisotopic (exact) mass is 282 g/mol. The summed E-state index contributed by atoms with van der Waals surface area (Å²) in [7, 11) is -10.1. The Hall–Kier alpha value is -1.08. The molecule has 11 heteroatoms. The first kappa shape index (κ1) is 14.0. The van der Waals surface area contributed by atoms with Crippen LogP contribution in [-0.4, -0.2) is 25.6 Å². The maximum atomic E-state index is 11.5. The third kappa shape index (κ3) is 3.71. The standard InChI is InChI=1S/C6H8N2O7P2/c7-5(9)4-2-1-3-8-6(4)16(10,11)15-17(12,13)14/h1-3H,(H2,7,9)(H,10,11)(H2,12,13,14). The van der Waals surface area contributed by atoms with E-state index >= 15 is 0 Å². The van der Waals surface area contributed by atoms with Gasteiger partial charge in [-0.2, -0.15) is 0 Å². The molecule has 0 aliphatic heterocycles. The van der Waals surface area contributed by atoms with E-state index in [1.54, 1.807) is 0 Å². The van der Waals surface area contributed by atoms with E-state index in [1.807, 2.05) is 0 Å². The lowest BCUT2D eigenvalue weighted by atomic mass is 10.3. The van der Waals surface area contributed by atoms with E-state index in [4.69, 9.17) is 15.5 Å². The van der Waals surface area contributed by atoms with Crippen LogP contribution in [0.3, 0.4) is 0 Å². The second kappa shape index (κ2) is 4.66.